The van der Waals surface area contributed by atoms with Crippen molar-refractivity contribution in [2.24, 2.45) is 0 Å². The van der Waals surface area contributed by atoms with Gasteiger partial charge in [0, 0.05) is 73.8 Å². The molecule has 4 aromatic rings. The molecule has 8 heteroatoms. The Morgan fingerprint density at radius 3 is 2.59 bits per heavy atom. The fourth-order valence-electron chi connectivity index (χ4n) is 4.37. The maximum atomic E-state index is 13.0. The number of aryl methyl sites for hydroxylation is 1. The van der Waals surface area contributed by atoms with Gasteiger partial charge in [0.05, 0.1) is 5.69 Å². The molecule has 0 unspecified atom stereocenters. The molecule has 3 heterocycles. The van der Waals surface area contributed by atoms with Crippen molar-refractivity contribution in [2.45, 2.75) is 20.4 Å². The van der Waals surface area contributed by atoms with Crippen LogP contribution in [-0.2, 0) is 6.54 Å². The second-order valence-electron chi connectivity index (χ2n) is 9.28. The van der Waals surface area contributed by atoms with Crippen LogP contribution in [0.4, 0.5) is 17.3 Å². The first-order valence-corrected chi connectivity index (χ1v) is 12.5. The minimum atomic E-state index is -0.141. The Morgan fingerprint density at radius 2 is 1.84 bits per heavy atom. The largest absolute Gasteiger partial charge is 0.324 e. The highest BCUT2D eigenvalue weighted by Crippen LogP contribution is 2.27. The van der Waals surface area contributed by atoms with Crippen molar-refractivity contribution in [1.29, 1.82) is 0 Å². The molecule has 3 N–H and O–H groups in total. The highest BCUT2D eigenvalue weighted by Gasteiger charge is 2.13. The first kappa shape index (κ1) is 24.5. The Balaban J connectivity index is 1.29. The molecule has 8 nitrogen and oxygen atoms in total. The molecule has 0 atom stereocenters. The van der Waals surface area contributed by atoms with Crippen LogP contribution in [0.3, 0.4) is 0 Å². The Bertz CT molecular complexity index is 1370. The number of piperazine rings is 1. The summed E-state index contributed by atoms with van der Waals surface area (Å²) in [5.41, 5.74) is 7.20. The number of amides is 1. The van der Waals surface area contributed by atoms with E-state index in [1.807, 2.05) is 68.4 Å². The lowest BCUT2D eigenvalue weighted by Crippen LogP contribution is -2.42. The van der Waals surface area contributed by atoms with E-state index in [4.69, 9.17) is 0 Å². The summed E-state index contributed by atoms with van der Waals surface area (Å²) >= 11 is 0. The van der Waals surface area contributed by atoms with E-state index in [9.17, 15) is 4.79 Å². The van der Waals surface area contributed by atoms with Gasteiger partial charge in [0.1, 0.15) is 0 Å². The first-order chi connectivity index (χ1) is 18.0. The average molecular weight is 494 g/mol. The minimum absolute atomic E-state index is 0.141. The maximum absolute atomic E-state index is 13.0. The molecule has 0 radical (unpaired) electrons. The van der Waals surface area contributed by atoms with Crippen molar-refractivity contribution in [3.63, 3.8) is 0 Å². The molecule has 0 bridgehead atoms. The monoisotopic (exact) mass is 493 g/mol. The predicted octanol–water partition coefficient (Wildman–Crippen LogP) is 4.56. The zero-order valence-electron chi connectivity index (χ0n) is 21.2. The predicted molar refractivity (Wildman–Crippen MR) is 147 cm³/mol. The van der Waals surface area contributed by atoms with Crippen molar-refractivity contribution < 1.29 is 4.79 Å². The van der Waals surface area contributed by atoms with Gasteiger partial charge in [0.15, 0.2) is 0 Å². The van der Waals surface area contributed by atoms with Crippen LogP contribution in [0.1, 0.15) is 27.0 Å². The summed E-state index contributed by atoms with van der Waals surface area (Å²) in [6.45, 7) is 9.10. The molecular formula is C29H31N7O. The molecule has 1 amide bonds. The van der Waals surface area contributed by atoms with Crippen LogP contribution < -0.4 is 16.0 Å². The van der Waals surface area contributed by atoms with Crippen molar-refractivity contribution >= 4 is 23.2 Å². The van der Waals surface area contributed by atoms with Crippen LogP contribution in [0, 0.1) is 13.8 Å². The Morgan fingerprint density at radius 1 is 1.03 bits per heavy atom. The molecule has 0 aliphatic carbocycles. The van der Waals surface area contributed by atoms with Crippen LogP contribution in [0.25, 0.3) is 11.3 Å². The summed E-state index contributed by atoms with van der Waals surface area (Å²) in [6, 6.07) is 17.4. The summed E-state index contributed by atoms with van der Waals surface area (Å²) < 4.78 is 0. The Hall–Kier alpha value is -4.14. The molecule has 0 spiro atoms. The maximum Gasteiger partial charge on any atom is 0.255 e. The molecule has 1 aliphatic rings. The van der Waals surface area contributed by atoms with Gasteiger partial charge in [-0.15, -0.1) is 0 Å². The van der Waals surface area contributed by atoms with Gasteiger partial charge in [-0.05, 0) is 73.0 Å². The van der Waals surface area contributed by atoms with Gasteiger partial charge in [-0.2, -0.15) is 0 Å². The number of nitrogens with zero attached hydrogens (tertiary/aromatic N) is 4. The van der Waals surface area contributed by atoms with Gasteiger partial charge in [0.25, 0.3) is 5.91 Å². The number of pyridine rings is 1. The molecule has 188 valence electrons. The van der Waals surface area contributed by atoms with Crippen LogP contribution in [0.5, 0.6) is 0 Å². The average Bonchev–Trinajstić information content (AvgIpc) is 2.93. The fourth-order valence-corrected chi connectivity index (χ4v) is 4.37. The molecular weight excluding hydrogens is 462 g/mol. The normalized spacial score (nSPS) is 13.8. The fraction of sp³-hybridized carbons (Fsp3) is 0.241. The summed E-state index contributed by atoms with van der Waals surface area (Å²) in [5, 5.41) is 9.74. The highest BCUT2D eigenvalue weighted by molar-refractivity contribution is 6.04. The number of benzene rings is 2. The number of carbonyl (C=O) groups is 1. The molecule has 5 rings (SSSR count). The van der Waals surface area contributed by atoms with E-state index < -0.39 is 0 Å². The number of hydrogen-bond donors (Lipinski definition) is 3. The van der Waals surface area contributed by atoms with E-state index >= 15 is 0 Å². The summed E-state index contributed by atoms with van der Waals surface area (Å²) in [6.07, 6.45) is 5.23. The molecule has 1 saturated heterocycles. The zero-order chi connectivity index (χ0) is 25.6. The lowest BCUT2D eigenvalue weighted by atomic mass is 10.1. The lowest BCUT2D eigenvalue weighted by Gasteiger charge is -2.27. The Kier molecular flexibility index (Phi) is 7.49. The first-order valence-electron chi connectivity index (χ1n) is 12.5. The topological polar surface area (TPSA) is 95.1 Å². The minimum Gasteiger partial charge on any atom is -0.324 e. The third-order valence-electron chi connectivity index (χ3n) is 6.62. The molecule has 2 aromatic carbocycles. The van der Waals surface area contributed by atoms with Gasteiger partial charge in [-0.3, -0.25) is 14.7 Å². The zero-order valence-corrected chi connectivity index (χ0v) is 21.2. The van der Waals surface area contributed by atoms with Crippen molar-refractivity contribution in [3.8, 4) is 11.3 Å². The van der Waals surface area contributed by atoms with E-state index in [2.05, 4.69) is 35.8 Å². The number of hydrogen-bond acceptors (Lipinski definition) is 7. The quantitative estimate of drug-likeness (QED) is 0.347. The van der Waals surface area contributed by atoms with Gasteiger partial charge in [-0.1, -0.05) is 12.1 Å². The third kappa shape index (κ3) is 6.17. The van der Waals surface area contributed by atoms with E-state index in [0.717, 1.165) is 60.8 Å². The van der Waals surface area contributed by atoms with Crippen molar-refractivity contribution in [3.05, 3.63) is 95.4 Å². The molecule has 2 aromatic heterocycles. The molecule has 0 saturated carbocycles. The van der Waals surface area contributed by atoms with E-state index in [1.54, 1.807) is 18.6 Å². The van der Waals surface area contributed by atoms with Crippen LogP contribution in [-0.4, -0.2) is 51.9 Å². The summed E-state index contributed by atoms with van der Waals surface area (Å²) in [7, 11) is 0. The molecule has 37 heavy (non-hydrogen) atoms. The number of nitrogens with one attached hydrogen (secondary N) is 3. The van der Waals surface area contributed by atoms with Crippen LogP contribution >= 0.6 is 0 Å². The van der Waals surface area contributed by atoms with E-state index in [-0.39, 0.29) is 5.91 Å². The molecule has 1 aliphatic heterocycles. The standard InChI is InChI=1S/C29H31N7O/c1-20-16-25(33-28(37)23-7-5-22(6-8-23)19-36-14-12-30-13-15-36)17-27(21(20)2)35-29-32-11-9-26(34-29)24-4-3-10-31-18-24/h3-11,16-18,30H,12-15,19H2,1-2H3,(H,33,37)(H,32,34,35). The highest BCUT2D eigenvalue weighted by atomic mass is 16.1. The summed E-state index contributed by atoms with van der Waals surface area (Å²) in [4.78, 5) is 28.6. The smallest absolute Gasteiger partial charge is 0.255 e. The third-order valence-corrected chi connectivity index (χ3v) is 6.62. The van der Waals surface area contributed by atoms with Crippen LogP contribution in [0.15, 0.2) is 73.2 Å². The van der Waals surface area contributed by atoms with E-state index in [1.165, 1.54) is 5.56 Å². The molecule has 1 fully saturated rings. The Labute approximate surface area is 217 Å². The second kappa shape index (κ2) is 11.3. The van der Waals surface area contributed by atoms with Gasteiger partial charge < -0.3 is 16.0 Å². The van der Waals surface area contributed by atoms with Crippen molar-refractivity contribution in [2.75, 3.05) is 36.8 Å². The number of aromatic nitrogens is 3. The number of rotatable bonds is 7. The summed E-state index contributed by atoms with van der Waals surface area (Å²) in [5.74, 6) is 0.338. The van der Waals surface area contributed by atoms with E-state index in [0.29, 0.717) is 17.2 Å². The van der Waals surface area contributed by atoms with Crippen LogP contribution in [0.2, 0.25) is 0 Å². The number of carbonyl (C=O) groups excluding carboxylic acids is 1. The number of anilines is 3. The van der Waals surface area contributed by atoms with Gasteiger partial charge in [0.2, 0.25) is 5.95 Å². The van der Waals surface area contributed by atoms with Gasteiger partial charge >= 0.3 is 0 Å². The lowest BCUT2D eigenvalue weighted by molar-refractivity contribution is 0.102. The SMILES string of the molecule is Cc1cc(NC(=O)c2ccc(CN3CCNCC3)cc2)cc(Nc2nccc(-c3cccnc3)n2)c1C. The second-order valence-corrected chi connectivity index (χ2v) is 9.28. The van der Waals surface area contributed by atoms with Crippen molar-refractivity contribution in [1.82, 2.24) is 25.2 Å². The van der Waals surface area contributed by atoms with Gasteiger partial charge in [-0.25, -0.2) is 9.97 Å².